The molecule has 0 aliphatic carbocycles. The molecular weight excluding hydrogens is 458 g/mol. The van der Waals surface area contributed by atoms with Crippen molar-refractivity contribution >= 4 is 54.9 Å². The number of aliphatic imine (C=N–C) groups is 1. The largest absolute Gasteiger partial charge is 0.480 e. The molecule has 0 bridgehead atoms. The van der Waals surface area contributed by atoms with Crippen LogP contribution in [-0.4, -0.2) is 77.0 Å². The number of guanidine groups is 1. The Morgan fingerprint density at radius 1 is 0.938 bits per heavy atom. The first kappa shape index (κ1) is 29.8. The molecule has 12 nitrogen and oxygen atoms in total. The van der Waals surface area contributed by atoms with Gasteiger partial charge in [-0.05, 0) is 18.8 Å². The molecule has 0 aromatic rings. The number of thiol groups is 2. The van der Waals surface area contributed by atoms with Gasteiger partial charge >= 0.3 is 5.97 Å². The molecule has 3 amide bonds. The second-order valence-corrected chi connectivity index (χ2v) is 7.98. The first-order valence-corrected chi connectivity index (χ1v) is 11.4. The van der Waals surface area contributed by atoms with Crippen molar-refractivity contribution < 1.29 is 24.3 Å². The zero-order valence-corrected chi connectivity index (χ0v) is 20.1. The Hall–Kier alpha value is -2.19. The first-order chi connectivity index (χ1) is 15.0. The van der Waals surface area contributed by atoms with E-state index in [1.54, 1.807) is 0 Å². The minimum Gasteiger partial charge on any atom is -0.480 e. The van der Waals surface area contributed by atoms with Crippen molar-refractivity contribution in [1.82, 2.24) is 16.0 Å². The van der Waals surface area contributed by atoms with Gasteiger partial charge in [-0.1, -0.05) is 20.3 Å². The highest BCUT2D eigenvalue weighted by atomic mass is 32.1. The van der Waals surface area contributed by atoms with Gasteiger partial charge in [0.15, 0.2) is 5.96 Å². The molecule has 0 aliphatic heterocycles. The maximum Gasteiger partial charge on any atom is 0.326 e. The smallest absolute Gasteiger partial charge is 0.326 e. The summed E-state index contributed by atoms with van der Waals surface area (Å²) >= 11 is 8.14. The fourth-order valence-electron chi connectivity index (χ4n) is 2.47. The van der Waals surface area contributed by atoms with Crippen LogP contribution in [0.2, 0.25) is 0 Å². The van der Waals surface area contributed by atoms with Crippen LogP contribution in [0.3, 0.4) is 0 Å². The van der Waals surface area contributed by atoms with Gasteiger partial charge in [0.25, 0.3) is 0 Å². The van der Waals surface area contributed by atoms with Gasteiger partial charge in [-0.3, -0.25) is 19.4 Å². The zero-order chi connectivity index (χ0) is 24.8. The molecule has 0 aromatic carbocycles. The maximum absolute atomic E-state index is 12.6. The highest BCUT2D eigenvalue weighted by molar-refractivity contribution is 7.80. The van der Waals surface area contributed by atoms with Crippen LogP contribution in [0.25, 0.3) is 0 Å². The molecule has 0 aromatic heterocycles. The summed E-state index contributed by atoms with van der Waals surface area (Å²) in [4.78, 5) is 52.5. The molecule has 0 heterocycles. The van der Waals surface area contributed by atoms with Crippen LogP contribution in [0.15, 0.2) is 4.99 Å². The molecule has 0 radical (unpaired) electrons. The zero-order valence-electron chi connectivity index (χ0n) is 18.3. The van der Waals surface area contributed by atoms with Crippen molar-refractivity contribution in [3.05, 3.63) is 0 Å². The second kappa shape index (κ2) is 15.6. The third-order valence-corrected chi connectivity index (χ3v) is 5.48. The average molecular weight is 494 g/mol. The van der Waals surface area contributed by atoms with E-state index in [4.69, 9.17) is 17.2 Å². The number of hydrogen-bond donors (Lipinski definition) is 9. The summed E-state index contributed by atoms with van der Waals surface area (Å²) in [5, 5.41) is 16.7. The molecule has 32 heavy (non-hydrogen) atoms. The van der Waals surface area contributed by atoms with E-state index in [0.29, 0.717) is 12.8 Å². The summed E-state index contributed by atoms with van der Waals surface area (Å²) in [6, 6.07) is -4.17. The molecule has 10 N–H and O–H groups in total. The van der Waals surface area contributed by atoms with Crippen LogP contribution in [0.4, 0.5) is 0 Å². The highest BCUT2D eigenvalue weighted by Crippen LogP contribution is 2.06. The molecule has 0 aliphatic rings. The van der Waals surface area contributed by atoms with Crippen LogP contribution in [0.1, 0.15) is 33.1 Å². The number of carboxylic acid groups (broad SMARTS) is 1. The summed E-state index contributed by atoms with van der Waals surface area (Å²) < 4.78 is 0. The minimum atomic E-state index is -1.24. The molecule has 14 heteroatoms. The van der Waals surface area contributed by atoms with Gasteiger partial charge in [-0.2, -0.15) is 25.3 Å². The molecule has 184 valence electrons. The summed E-state index contributed by atoms with van der Waals surface area (Å²) in [5.41, 5.74) is 16.3. The molecule has 5 atom stereocenters. The van der Waals surface area contributed by atoms with Crippen molar-refractivity contribution in [2.24, 2.45) is 28.1 Å². The third kappa shape index (κ3) is 10.9. The Kier molecular flexibility index (Phi) is 14.5. The minimum absolute atomic E-state index is 0.0335. The van der Waals surface area contributed by atoms with E-state index in [9.17, 15) is 24.3 Å². The SMILES string of the molecule is CCC(C)C(N)C(=O)NC(CS)C(=O)NC(CS)C(=O)NC(CCCN=C(N)N)C(=O)O. The van der Waals surface area contributed by atoms with Crippen LogP contribution in [0.5, 0.6) is 0 Å². The lowest BCUT2D eigenvalue weighted by Gasteiger charge is -2.24. The topological polar surface area (TPSA) is 215 Å². The number of carboxylic acids is 1. The Morgan fingerprint density at radius 2 is 1.41 bits per heavy atom. The fourth-order valence-corrected chi connectivity index (χ4v) is 2.99. The van der Waals surface area contributed by atoms with Crippen LogP contribution >= 0.6 is 25.3 Å². The van der Waals surface area contributed by atoms with Crippen LogP contribution in [0, 0.1) is 5.92 Å². The summed E-state index contributed by atoms with van der Waals surface area (Å²) in [6.45, 7) is 3.91. The van der Waals surface area contributed by atoms with Crippen molar-refractivity contribution in [3.8, 4) is 0 Å². The highest BCUT2D eigenvalue weighted by Gasteiger charge is 2.29. The first-order valence-electron chi connectivity index (χ1n) is 10.1. The van der Waals surface area contributed by atoms with Gasteiger partial charge in [-0.25, -0.2) is 4.79 Å². The standard InChI is InChI=1S/C18H35N7O5S2/c1-3-9(2)13(19)16(28)25-12(8-32)15(27)24-11(7-31)14(26)23-10(17(29)30)5-4-6-22-18(20)21/h9-13,31-32H,3-8,19H2,1-2H3,(H,23,26)(H,24,27)(H,25,28)(H,29,30)(H4,20,21,22). The number of aliphatic carboxylic acids is 1. The number of amides is 3. The van der Waals surface area contributed by atoms with Crippen molar-refractivity contribution in [1.29, 1.82) is 0 Å². The monoisotopic (exact) mass is 493 g/mol. The second-order valence-electron chi connectivity index (χ2n) is 7.25. The number of carbonyl (C=O) groups excluding carboxylic acids is 3. The molecular formula is C18H35N7O5S2. The third-order valence-electron chi connectivity index (χ3n) is 4.75. The predicted octanol–water partition coefficient (Wildman–Crippen LogP) is -2.19. The summed E-state index contributed by atoms with van der Waals surface area (Å²) in [5.74, 6) is -3.49. The van der Waals surface area contributed by atoms with E-state index < -0.39 is 47.9 Å². The van der Waals surface area contributed by atoms with Crippen LogP contribution < -0.4 is 33.2 Å². The van der Waals surface area contributed by atoms with Gasteiger partial charge in [-0.15, -0.1) is 0 Å². The van der Waals surface area contributed by atoms with Gasteiger partial charge in [0.2, 0.25) is 17.7 Å². The summed E-state index contributed by atoms with van der Waals surface area (Å²) in [6.07, 6.45) is 1.08. The Labute approximate surface area is 198 Å². The number of rotatable bonds is 15. The lowest BCUT2D eigenvalue weighted by molar-refractivity contribution is -0.142. The normalized spacial score (nSPS) is 15.4. The molecule has 0 rings (SSSR count). The number of hydrogen-bond acceptors (Lipinski definition) is 8. The van der Waals surface area contributed by atoms with E-state index in [-0.39, 0.29) is 36.3 Å². The molecule has 0 spiro atoms. The fraction of sp³-hybridized carbons (Fsp3) is 0.722. The van der Waals surface area contributed by atoms with E-state index in [1.807, 2.05) is 13.8 Å². The average Bonchev–Trinajstić information content (AvgIpc) is 2.75. The molecule has 0 fully saturated rings. The quantitative estimate of drug-likeness (QED) is 0.0527. The number of nitrogens with zero attached hydrogens (tertiary/aromatic N) is 1. The van der Waals surface area contributed by atoms with Crippen molar-refractivity contribution in [2.45, 2.75) is 57.3 Å². The van der Waals surface area contributed by atoms with E-state index >= 15 is 0 Å². The summed E-state index contributed by atoms with van der Waals surface area (Å²) in [7, 11) is 0. The van der Waals surface area contributed by atoms with Gasteiger partial charge in [0.1, 0.15) is 18.1 Å². The Morgan fingerprint density at radius 3 is 1.81 bits per heavy atom. The number of carbonyl (C=O) groups is 4. The lowest BCUT2D eigenvalue weighted by atomic mass is 9.99. The lowest BCUT2D eigenvalue weighted by Crippen LogP contribution is -2.58. The molecule has 0 saturated heterocycles. The van der Waals surface area contributed by atoms with Gasteiger partial charge in [0, 0.05) is 18.1 Å². The van der Waals surface area contributed by atoms with Crippen molar-refractivity contribution in [2.75, 3.05) is 18.1 Å². The van der Waals surface area contributed by atoms with Gasteiger partial charge < -0.3 is 38.3 Å². The Bertz CT molecular complexity index is 676. The predicted molar refractivity (Wildman–Crippen MR) is 128 cm³/mol. The van der Waals surface area contributed by atoms with Crippen LogP contribution in [-0.2, 0) is 19.2 Å². The number of nitrogens with one attached hydrogen (secondary N) is 3. The van der Waals surface area contributed by atoms with E-state index in [2.05, 4.69) is 46.2 Å². The van der Waals surface area contributed by atoms with Gasteiger partial charge in [0.05, 0.1) is 6.04 Å². The number of nitrogens with two attached hydrogens (primary N) is 3. The Balaban J connectivity index is 4.99. The molecule has 5 unspecified atom stereocenters. The van der Waals surface area contributed by atoms with Crippen molar-refractivity contribution in [3.63, 3.8) is 0 Å². The van der Waals surface area contributed by atoms with E-state index in [0.717, 1.165) is 0 Å². The van der Waals surface area contributed by atoms with E-state index in [1.165, 1.54) is 0 Å². The molecule has 0 saturated carbocycles. The maximum atomic E-state index is 12.6.